The van der Waals surface area contributed by atoms with Gasteiger partial charge in [0, 0.05) is 32.4 Å². The quantitative estimate of drug-likeness (QED) is 0.863. The average Bonchev–Trinajstić information content (AvgIpc) is 2.93. The molecule has 21 heavy (non-hydrogen) atoms. The zero-order valence-electron chi connectivity index (χ0n) is 12.7. The molecule has 1 aromatic heterocycles. The molecule has 2 heterocycles. The van der Waals surface area contributed by atoms with E-state index in [0.29, 0.717) is 19.3 Å². The first-order valence-corrected chi connectivity index (χ1v) is 7.42. The summed E-state index contributed by atoms with van der Waals surface area (Å²) in [7, 11) is 1.68. The Kier molecular flexibility index (Phi) is 5.86. The van der Waals surface area contributed by atoms with Gasteiger partial charge < -0.3 is 19.7 Å². The van der Waals surface area contributed by atoms with Crippen LogP contribution in [0.5, 0.6) is 0 Å². The SMILES string of the molecule is CCOC(=O)N1CCC(Nc2cnn(CCOC)c2)CC1. The lowest BCUT2D eigenvalue weighted by Gasteiger charge is -2.31. The molecule has 1 amide bonds. The van der Waals surface area contributed by atoms with Crippen molar-refractivity contribution in [3.8, 4) is 0 Å². The first-order valence-electron chi connectivity index (χ1n) is 7.42. The largest absolute Gasteiger partial charge is 0.450 e. The molecule has 1 saturated heterocycles. The Labute approximate surface area is 125 Å². The fraction of sp³-hybridized carbons (Fsp3) is 0.714. The number of nitrogens with one attached hydrogen (secondary N) is 1. The van der Waals surface area contributed by atoms with Gasteiger partial charge in [0.1, 0.15) is 0 Å². The molecule has 0 atom stereocenters. The second-order valence-corrected chi connectivity index (χ2v) is 5.09. The highest BCUT2D eigenvalue weighted by Gasteiger charge is 2.23. The molecule has 118 valence electrons. The second-order valence-electron chi connectivity index (χ2n) is 5.09. The van der Waals surface area contributed by atoms with Crippen molar-refractivity contribution in [2.24, 2.45) is 0 Å². The number of ether oxygens (including phenoxy) is 2. The normalized spacial score (nSPS) is 16.0. The molecule has 0 bridgehead atoms. The number of anilines is 1. The minimum Gasteiger partial charge on any atom is -0.450 e. The zero-order valence-corrected chi connectivity index (χ0v) is 12.7. The number of hydrogen-bond acceptors (Lipinski definition) is 5. The highest BCUT2D eigenvalue weighted by Crippen LogP contribution is 2.16. The van der Waals surface area contributed by atoms with E-state index < -0.39 is 0 Å². The molecule has 2 rings (SSSR count). The van der Waals surface area contributed by atoms with Crippen LogP contribution in [0, 0.1) is 0 Å². The molecule has 0 unspecified atom stereocenters. The second kappa shape index (κ2) is 7.87. The van der Waals surface area contributed by atoms with Gasteiger partial charge in [0.25, 0.3) is 0 Å². The fourth-order valence-electron chi connectivity index (χ4n) is 2.40. The maximum absolute atomic E-state index is 11.6. The lowest BCUT2D eigenvalue weighted by Crippen LogP contribution is -2.42. The first-order chi connectivity index (χ1) is 10.2. The van der Waals surface area contributed by atoms with Crippen LogP contribution in [0.15, 0.2) is 12.4 Å². The van der Waals surface area contributed by atoms with Gasteiger partial charge >= 0.3 is 6.09 Å². The third-order valence-electron chi connectivity index (χ3n) is 3.55. The van der Waals surface area contributed by atoms with Gasteiger partial charge in [-0.15, -0.1) is 0 Å². The predicted molar refractivity (Wildman–Crippen MR) is 79.3 cm³/mol. The molecule has 1 fully saturated rings. The van der Waals surface area contributed by atoms with Crippen LogP contribution in [-0.4, -0.2) is 60.2 Å². The number of piperidine rings is 1. The molecular formula is C14H24N4O3. The van der Waals surface area contributed by atoms with Crippen LogP contribution in [0.4, 0.5) is 10.5 Å². The number of hydrogen-bond donors (Lipinski definition) is 1. The molecule has 0 saturated carbocycles. The fourth-order valence-corrected chi connectivity index (χ4v) is 2.40. The van der Waals surface area contributed by atoms with E-state index in [1.165, 1.54) is 0 Å². The van der Waals surface area contributed by atoms with E-state index in [0.717, 1.165) is 38.2 Å². The van der Waals surface area contributed by atoms with Crippen molar-refractivity contribution in [3.05, 3.63) is 12.4 Å². The summed E-state index contributed by atoms with van der Waals surface area (Å²) in [6, 6.07) is 0.371. The Balaban J connectivity index is 1.75. The van der Waals surface area contributed by atoms with E-state index >= 15 is 0 Å². The van der Waals surface area contributed by atoms with Crippen molar-refractivity contribution >= 4 is 11.8 Å². The van der Waals surface area contributed by atoms with Crippen LogP contribution in [0.1, 0.15) is 19.8 Å². The summed E-state index contributed by atoms with van der Waals surface area (Å²) in [5.41, 5.74) is 1.01. The lowest BCUT2D eigenvalue weighted by atomic mass is 10.1. The Bertz CT molecular complexity index is 441. The summed E-state index contributed by atoms with van der Waals surface area (Å²) in [5.74, 6) is 0. The molecule has 1 aliphatic heterocycles. The predicted octanol–water partition coefficient (Wildman–Crippen LogP) is 1.56. The van der Waals surface area contributed by atoms with Gasteiger partial charge in [-0.05, 0) is 19.8 Å². The molecule has 0 spiro atoms. The molecule has 7 nitrogen and oxygen atoms in total. The van der Waals surface area contributed by atoms with E-state index in [1.54, 1.807) is 12.0 Å². The number of aromatic nitrogens is 2. The lowest BCUT2D eigenvalue weighted by molar-refractivity contribution is 0.0983. The Morgan fingerprint density at radius 3 is 2.90 bits per heavy atom. The van der Waals surface area contributed by atoms with E-state index in [2.05, 4.69) is 10.4 Å². The van der Waals surface area contributed by atoms with Crippen LogP contribution >= 0.6 is 0 Å². The highest BCUT2D eigenvalue weighted by molar-refractivity contribution is 5.67. The standard InChI is InChI=1S/C14H24N4O3/c1-3-21-14(19)17-6-4-12(5-7-17)16-13-10-15-18(11-13)8-9-20-2/h10-12,16H,3-9H2,1-2H3. The zero-order chi connectivity index (χ0) is 15.1. The van der Waals surface area contributed by atoms with Gasteiger partial charge in [-0.3, -0.25) is 4.68 Å². The molecule has 0 aromatic carbocycles. The first kappa shape index (κ1) is 15.6. The monoisotopic (exact) mass is 296 g/mol. The molecular weight excluding hydrogens is 272 g/mol. The van der Waals surface area contributed by atoms with E-state index in [-0.39, 0.29) is 6.09 Å². The minimum atomic E-state index is -0.205. The summed E-state index contributed by atoms with van der Waals surface area (Å²) in [4.78, 5) is 13.4. The van der Waals surface area contributed by atoms with Gasteiger partial charge in [0.15, 0.2) is 0 Å². The topological polar surface area (TPSA) is 68.6 Å². The van der Waals surface area contributed by atoms with Crippen molar-refractivity contribution < 1.29 is 14.3 Å². The van der Waals surface area contributed by atoms with E-state index in [4.69, 9.17) is 9.47 Å². The highest BCUT2D eigenvalue weighted by atomic mass is 16.6. The van der Waals surface area contributed by atoms with Crippen molar-refractivity contribution in [1.29, 1.82) is 0 Å². The van der Waals surface area contributed by atoms with E-state index in [1.807, 2.05) is 24.0 Å². The van der Waals surface area contributed by atoms with Gasteiger partial charge in [-0.1, -0.05) is 0 Å². The summed E-state index contributed by atoms with van der Waals surface area (Å²) in [6.45, 7) is 5.12. The number of methoxy groups -OCH3 is 1. The van der Waals surface area contributed by atoms with Crippen molar-refractivity contribution in [3.63, 3.8) is 0 Å². The number of rotatable bonds is 6. The van der Waals surface area contributed by atoms with Crippen molar-refractivity contribution in [2.45, 2.75) is 32.4 Å². The third kappa shape index (κ3) is 4.63. The molecule has 1 aliphatic rings. The minimum absolute atomic E-state index is 0.205. The molecule has 1 aromatic rings. The van der Waals surface area contributed by atoms with Gasteiger partial charge in [0.05, 0.1) is 31.6 Å². The van der Waals surface area contributed by atoms with Gasteiger partial charge in [-0.25, -0.2) is 4.79 Å². The van der Waals surface area contributed by atoms with Gasteiger partial charge in [0.2, 0.25) is 0 Å². The Morgan fingerprint density at radius 2 is 2.24 bits per heavy atom. The molecule has 0 radical (unpaired) electrons. The number of carbonyl (C=O) groups excluding carboxylic acids is 1. The molecule has 7 heteroatoms. The molecule has 0 aliphatic carbocycles. The number of carbonyl (C=O) groups is 1. The van der Waals surface area contributed by atoms with E-state index in [9.17, 15) is 4.79 Å². The summed E-state index contributed by atoms with van der Waals surface area (Å²) in [6.07, 6.45) is 5.44. The third-order valence-corrected chi connectivity index (χ3v) is 3.55. The number of amides is 1. The van der Waals surface area contributed by atoms with Crippen molar-refractivity contribution in [1.82, 2.24) is 14.7 Å². The summed E-state index contributed by atoms with van der Waals surface area (Å²) in [5, 5.41) is 7.74. The smallest absolute Gasteiger partial charge is 0.409 e. The van der Waals surface area contributed by atoms with Gasteiger partial charge in [-0.2, -0.15) is 5.10 Å². The summed E-state index contributed by atoms with van der Waals surface area (Å²) >= 11 is 0. The van der Waals surface area contributed by atoms with Crippen LogP contribution < -0.4 is 5.32 Å². The maximum atomic E-state index is 11.6. The molecule has 1 N–H and O–H groups in total. The van der Waals surface area contributed by atoms with Crippen LogP contribution in [0.25, 0.3) is 0 Å². The van der Waals surface area contributed by atoms with Crippen molar-refractivity contribution in [2.75, 3.05) is 38.7 Å². The Hall–Kier alpha value is -1.76. The number of nitrogens with zero attached hydrogens (tertiary/aromatic N) is 3. The summed E-state index contributed by atoms with van der Waals surface area (Å²) < 4.78 is 11.9. The number of likely N-dealkylation sites (tertiary alicyclic amines) is 1. The van der Waals surface area contributed by atoms with Crippen LogP contribution in [-0.2, 0) is 16.0 Å². The Morgan fingerprint density at radius 1 is 1.48 bits per heavy atom. The van der Waals surface area contributed by atoms with Crippen LogP contribution in [0.3, 0.4) is 0 Å². The average molecular weight is 296 g/mol. The maximum Gasteiger partial charge on any atom is 0.409 e. The van der Waals surface area contributed by atoms with Crippen LogP contribution in [0.2, 0.25) is 0 Å².